The number of nitrogens with one attached hydrogen (secondary N) is 1. The second-order valence-corrected chi connectivity index (χ2v) is 3.77. The van der Waals surface area contributed by atoms with Crippen molar-refractivity contribution in [2.45, 2.75) is 6.92 Å². The van der Waals surface area contributed by atoms with Crippen molar-refractivity contribution < 1.29 is 9.90 Å². The lowest BCUT2D eigenvalue weighted by atomic mass is 10.2. The minimum Gasteiger partial charge on any atom is -0.507 e. The molecule has 2 N–H and O–H groups in total. The maximum atomic E-state index is 11.3. The molecular formula is C9H10INO2. The van der Waals surface area contributed by atoms with Gasteiger partial charge < -0.3 is 10.4 Å². The number of carbonyl (C=O) groups is 1. The van der Waals surface area contributed by atoms with Gasteiger partial charge in [-0.1, -0.05) is 0 Å². The van der Waals surface area contributed by atoms with Crippen molar-refractivity contribution in [2.75, 3.05) is 6.54 Å². The van der Waals surface area contributed by atoms with E-state index in [4.69, 9.17) is 0 Å². The Morgan fingerprint density at radius 3 is 2.85 bits per heavy atom. The summed E-state index contributed by atoms with van der Waals surface area (Å²) in [5.74, 6) is -0.214. The first-order chi connectivity index (χ1) is 6.15. The van der Waals surface area contributed by atoms with E-state index in [0.717, 1.165) is 3.57 Å². The third-order valence-corrected chi connectivity index (χ3v) is 2.21. The second-order valence-electron chi connectivity index (χ2n) is 2.52. The van der Waals surface area contributed by atoms with Gasteiger partial charge in [0.2, 0.25) is 0 Å². The van der Waals surface area contributed by atoms with E-state index in [1.807, 2.05) is 6.92 Å². The first kappa shape index (κ1) is 10.3. The number of amides is 1. The smallest absolute Gasteiger partial charge is 0.255 e. The normalized spacial score (nSPS) is 9.69. The highest BCUT2D eigenvalue weighted by Gasteiger charge is 2.09. The molecule has 4 heteroatoms. The van der Waals surface area contributed by atoms with Crippen LogP contribution in [0.3, 0.4) is 0 Å². The van der Waals surface area contributed by atoms with Gasteiger partial charge in [-0.05, 0) is 47.7 Å². The molecule has 0 unspecified atom stereocenters. The van der Waals surface area contributed by atoms with E-state index >= 15 is 0 Å². The molecule has 1 amide bonds. The highest BCUT2D eigenvalue weighted by Crippen LogP contribution is 2.19. The Labute approximate surface area is 90.3 Å². The molecule has 0 aromatic heterocycles. The number of benzene rings is 1. The summed E-state index contributed by atoms with van der Waals surface area (Å²) in [6.45, 7) is 2.39. The zero-order valence-electron chi connectivity index (χ0n) is 7.17. The molecule has 1 aromatic carbocycles. The summed E-state index contributed by atoms with van der Waals surface area (Å²) in [6.07, 6.45) is 0. The average molecular weight is 291 g/mol. The third kappa shape index (κ3) is 2.58. The lowest BCUT2D eigenvalue weighted by Gasteiger charge is -2.04. The summed E-state index contributed by atoms with van der Waals surface area (Å²) in [5.41, 5.74) is 0.322. The molecule has 0 saturated heterocycles. The fraction of sp³-hybridized carbons (Fsp3) is 0.222. The topological polar surface area (TPSA) is 49.3 Å². The molecule has 0 aliphatic heterocycles. The summed E-state index contributed by atoms with van der Waals surface area (Å²) < 4.78 is 0.906. The Hall–Kier alpha value is -0.780. The Morgan fingerprint density at radius 2 is 2.31 bits per heavy atom. The van der Waals surface area contributed by atoms with Crippen LogP contribution in [0.4, 0.5) is 0 Å². The summed E-state index contributed by atoms with van der Waals surface area (Å²) in [6, 6.07) is 4.96. The summed E-state index contributed by atoms with van der Waals surface area (Å²) in [7, 11) is 0. The van der Waals surface area contributed by atoms with Gasteiger partial charge in [0, 0.05) is 10.1 Å². The van der Waals surface area contributed by atoms with Gasteiger partial charge in [-0.25, -0.2) is 0 Å². The maximum absolute atomic E-state index is 11.3. The lowest BCUT2D eigenvalue weighted by molar-refractivity contribution is 0.0953. The zero-order chi connectivity index (χ0) is 9.84. The highest BCUT2D eigenvalue weighted by atomic mass is 127. The number of phenolic OH excluding ortho intramolecular Hbond substituents is 1. The molecule has 13 heavy (non-hydrogen) atoms. The number of hydrogen-bond donors (Lipinski definition) is 2. The van der Waals surface area contributed by atoms with Gasteiger partial charge >= 0.3 is 0 Å². The van der Waals surface area contributed by atoms with E-state index in [9.17, 15) is 9.90 Å². The number of halogens is 1. The van der Waals surface area contributed by atoms with Crippen molar-refractivity contribution in [3.05, 3.63) is 27.3 Å². The van der Waals surface area contributed by atoms with Crippen molar-refractivity contribution in [1.29, 1.82) is 0 Å². The number of rotatable bonds is 2. The summed E-state index contributed by atoms with van der Waals surface area (Å²) in [5, 5.41) is 12.0. The number of carbonyl (C=O) groups excluding carboxylic acids is 1. The quantitative estimate of drug-likeness (QED) is 0.816. The highest BCUT2D eigenvalue weighted by molar-refractivity contribution is 14.1. The minimum atomic E-state index is -0.239. The van der Waals surface area contributed by atoms with Crippen LogP contribution < -0.4 is 5.32 Å². The molecule has 0 aliphatic rings. The van der Waals surface area contributed by atoms with Crippen molar-refractivity contribution in [3.63, 3.8) is 0 Å². The van der Waals surface area contributed by atoms with E-state index in [2.05, 4.69) is 27.9 Å². The molecule has 0 heterocycles. The van der Waals surface area contributed by atoms with Gasteiger partial charge in [0.15, 0.2) is 0 Å². The maximum Gasteiger partial charge on any atom is 0.255 e. The van der Waals surface area contributed by atoms with Crippen molar-refractivity contribution >= 4 is 28.5 Å². The molecule has 0 saturated carbocycles. The molecule has 0 bridgehead atoms. The van der Waals surface area contributed by atoms with Gasteiger partial charge in [0.25, 0.3) is 5.91 Å². The minimum absolute atomic E-state index is 0.0258. The van der Waals surface area contributed by atoms with E-state index < -0.39 is 0 Å². The van der Waals surface area contributed by atoms with Crippen molar-refractivity contribution in [2.24, 2.45) is 0 Å². The third-order valence-electron chi connectivity index (χ3n) is 1.54. The van der Waals surface area contributed by atoms with E-state index in [0.29, 0.717) is 12.1 Å². The first-order valence-corrected chi connectivity index (χ1v) is 4.99. The van der Waals surface area contributed by atoms with E-state index in [-0.39, 0.29) is 11.7 Å². The Bertz CT molecular complexity index is 325. The molecule has 3 nitrogen and oxygen atoms in total. The number of phenols is 1. The molecule has 0 spiro atoms. The van der Waals surface area contributed by atoms with Gasteiger partial charge in [-0.2, -0.15) is 0 Å². The predicted octanol–water partition coefficient (Wildman–Crippen LogP) is 1.75. The Kier molecular flexibility index (Phi) is 3.53. The first-order valence-electron chi connectivity index (χ1n) is 3.92. The molecule has 0 fully saturated rings. The molecule has 70 valence electrons. The van der Waals surface area contributed by atoms with Gasteiger partial charge in [0.1, 0.15) is 5.75 Å². The van der Waals surface area contributed by atoms with E-state index in [1.165, 1.54) is 0 Å². The largest absolute Gasteiger partial charge is 0.507 e. The number of aromatic hydroxyl groups is 1. The van der Waals surface area contributed by atoms with Crippen LogP contribution in [-0.4, -0.2) is 17.6 Å². The van der Waals surface area contributed by atoms with Crippen LogP contribution in [0.5, 0.6) is 5.75 Å². The predicted molar refractivity (Wildman–Crippen MR) is 58.8 cm³/mol. The molecule has 1 aromatic rings. The fourth-order valence-corrected chi connectivity index (χ4v) is 1.43. The van der Waals surface area contributed by atoms with Crippen LogP contribution >= 0.6 is 22.6 Å². The van der Waals surface area contributed by atoms with Gasteiger partial charge in [-0.15, -0.1) is 0 Å². The standard InChI is InChI=1S/C9H10INO2/c1-2-11-9(13)7-4-3-6(10)5-8(7)12/h3-5,12H,2H2,1H3,(H,11,13). The van der Waals surface area contributed by atoms with Crippen LogP contribution in [0.2, 0.25) is 0 Å². The molecular weight excluding hydrogens is 281 g/mol. The molecule has 0 atom stereocenters. The van der Waals surface area contributed by atoms with Crippen LogP contribution in [0, 0.1) is 3.57 Å². The Balaban J connectivity index is 2.95. The summed E-state index contributed by atoms with van der Waals surface area (Å²) >= 11 is 2.08. The van der Waals surface area contributed by atoms with Crippen LogP contribution in [0.1, 0.15) is 17.3 Å². The van der Waals surface area contributed by atoms with Gasteiger partial charge in [-0.3, -0.25) is 4.79 Å². The average Bonchev–Trinajstić information content (AvgIpc) is 2.04. The fourth-order valence-electron chi connectivity index (χ4n) is 0.953. The van der Waals surface area contributed by atoms with Crippen molar-refractivity contribution in [1.82, 2.24) is 5.32 Å². The van der Waals surface area contributed by atoms with Crippen LogP contribution in [0.15, 0.2) is 18.2 Å². The van der Waals surface area contributed by atoms with Gasteiger partial charge in [0.05, 0.1) is 5.56 Å². The van der Waals surface area contributed by atoms with E-state index in [1.54, 1.807) is 18.2 Å². The molecule has 0 radical (unpaired) electrons. The Morgan fingerprint density at radius 1 is 1.62 bits per heavy atom. The van der Waals surface area contributed by atoms with Crippen LogP contribution in [0.25, 0.3) is 0 Å². The van der Waals surface area contributed by atoms with Crippen LogP contribution in [-0.2, 0) is 0 Å². The zero-order valence-corrected chi connectivity index (χ0v) is 9.33. The lowest BCUT2D eigenvalue weighted by Crippen LogP contribution is -2.22. The number of hydrogen-bond acceptors (Lipinski definition) is 2. The SMILES string of the molecule is CCNC(=O)c1ccc(I)cc1O. The summed E-state index contributed by atoms with van der Waals surface area (Å²) in [4.78, 5) is 11.3. The second kappa shape index (κ2) is 4.45. The molecule has 1 rings (SSSR count). The van der Waals surface area contributed by atoms with Crippen molar-refractivity contribution in [3.8, 4) is 5.75 Å². The molecule has 0 aliphatic carbocycles. The monoisotopic (exact) mass is 291 g/mol.